The van der Waals surface area contributed by atoms with Crippen LogP contribution in [0.4, 0.5) is 0 Å². The first-order chi connectivity index (χ1) is 13.1. The molecule has 27 heavy (non-hydrogen) atoms. The zero-order valence-electron chi connectivity index (χ0n) is 16.7. The summed E-state index contributed by atoms with van der Waals surface area (Å²) in [5.74, 6) is 3.19. The Morgan fingerprint density at radius 1 is 0.741 bits per heavy atom. The van der Waals surface area contributed by atoms with E-state index in [1.165, 1.54) is 22.3 Å². The van der Waals surface area contributed by atoms with Crippen molar-refractivity contribution in [3.05, 3.63) is 46.5 Å². The fraction of sp³-hybridized carbons (Fsp3) is 0.455. The molecule has 0 unspecified atom stereocenters. The van der Waals surface area contributed by atoms with Crippen molar-refractivity contribution in [1.29, 1.82) is 0 Å². The average Bonchev–Trinajstić information content (AvgIpc) is 2.71. The van der Waals surface area contributed by atoms with Crippen LogP contribution in [0.2, 0.25) is 0 Å². The van der Waals surface area contributed by atoms with E-state index in [9.17, 15) is 0 Å². The molecule has 144 valence electrons. The van der Waals surface area contributed by atoms with Gasteiger partial charge in [-0.3, -0.25) is 4.90 Å². The van der Waals surface area contributed by atoms with Crippen molar-refractivity contribution in [2.45, 2.75) is 31.8 Å². The van der Waals surface area contributed by atoms with Crippen molar-refractivity contribution in [3.8, 4) is 23.0 Å². The molecular formula is C22H27NO4. The van der Waals surface area contributed by atoms with Gasteiger partial charge >= 0.3 is 0 Å². The molecule has 0 saturated heterocycles. The van der Waals surface area contributed by atoms with E-state index in [1.54, 1.807) is 28.4 Å². The second-order valence-electron chi connectivity index (χ2n) is 7.20. The van der Waals surface area contributed by atoms with E-state index in [4.69, 9.17) is 18.9 Å². The molecule has 0 spiro atoms. The van der Waals surface area contributed by atoms with E-state index in [0.717, 1.165) is 42.4 Å². The highest BCUT2D eigenvalue weighted by atomic mass is 16.5. The van der Waals surface area contributed by atoms with Crippen molar-refractivity contribution in [3.63, 3.8) is 0 Å². The molecule has 5 heteroatoms. The lowest BCUT2D eigenvalue weighted by atomic mass is 9.81. The van der Waals surface area contributed by atoms with Crippen LogP contribution in [0.15, 0.2) is 24.3 Å². The van der Waals surface area contributed by atoms with Gasteiger partial charge in [0.1, 0.15) is 0 Å². The van der Waals surface area contributed by atoms with E-state index < -0.39 is 0 Å². The molecule has 0 radical (unpaired) electrons. The van der Waals surface area contributed by atoms with Gasteiger partial charge in [-0.05, 0) is 66.3 Å². The summed E-state index contributed by atoms with van der Waals surface area (Å²) < 4.78 is 22.1. The van der Waals surface area contributed by atoms with Gasteiger partial charge in [0.25, 0.3) is 0 Å². The van der Waals surface area contributed by atoms with Crippen molar-refractivity contribution in [2.24, 2.45) is 0 Å². The lowest BCUT2D eigenvalue weighted by molar-refractivity contribution is 0.117. The molecule has 0 aliphatic carbocycles. The predicted octanol–water partition coefficient (Wildman–Crippen LogP) is 3.94. The van der Waals surface area contributed by atoms with Gasteiger partial charge in [-0.15, -0.1) is 0 Å². The van der Waals surface area contributed by atoms with Crippen LogP contribution < -0.4 is 18.9 Å². The number of hydrogen-bond donors (Lipinski definition) is 0. The molecule has 2 heterocycles. The van der Waals surface area contributed by atoms with Crippen LogP contribution in [0.3, 0.4) is 0 Å². The van der Waals surface area contributed by atoms with Crippen LogP contribution in [0.1, 0.15) is 41.3 Å². The molecule has 2 aromatic rings. The van der Waals surface area contributed by atoms with Gasteiger partial charge in [0.05, 0.1) is 28.4 Å². The summed E-state index contributed by atoms with van der Waals surface area (Å²) in [5.41, 5.74) is 5.34. The van der Waals surface area contributed by atoms with Gasteiger partial charge in [-0.25, -0.2) is 0 Å². The summed E-state index contributed by atoms with van der Waals surface area (Å²) in [4.78, 5) is 2.59. The van der Waals surface area contributed by atoms with Gasteiger partial charge < -0.3 is 18.9 Å². The zero-order valence-corrected chi connectivity index (χ0v) is 16.7. The molecule has 4 rings (SSSR count). The SMILES string of the molecule is COc1cc2c(cc1OC)[C@@H](C)N1CCc3cc(OC)c(OC)cc3[C@@H]1C2. The van der Waals surface area contributed by atoms with Gasteiger partial charge in [0.15, 0.2) is 23.0 Å². The highest BCUT2D eigenvalue weighted by Gasteiger charge is 2.37. The minimum absolute atomic E-state index is 0.319. The molecule has 0 bridgehead atoms. The first kappa shape index (κ1) is 18.0. The number of ether oxygens (including phenoxy) is 4. The molecule has 0 aromatic heterocycles. The summed E-state index contributed by atoms with van der Waals surface area (Å²) >= 11 is 0. The van der Waals surface area contributed by atoms with E-state index in [0.29, 0.717) is 12.1 Å². The lowest BCUT2D eigenvalue weighted by Crippen LogP contribution is -2.41. The fourth-order valence-corrected chi connectivity index (χ4v) is 4.63. The molecule has 2 aromatic carbocycles. The number of rotatable bonds is 4. The largest absolute Gasteiger partial charge is 0.493 e. The Labute approximate surface area is 160 Å². The Morgan fingerprint density at radius 2 is 1.26 bits per heavy atom. The standard InChI is InChI=1S/C22H27NO4/c1-13-16-11-21(26-4)20(25-3)10-15(16)8-18-17-12-22(27-5)19(24-2)9-14(17)6-7-23(13)18/h9-13,18H,6-8H2,1-5H3/t13-,18+/m1/s1. The Hall–Kier alpha value is -2.40. The third kappa shape index (κ3) is 2.81. The summed E-state index contributed by atoms with van der Waals surface area (Å²) in [5, 5.41) is 0. The molecular weight excluding hydrogens is 342 g/mol. The fourth-order valence-electron chi connectivity index (χ4n) is 4.63. The highest BCUT2D eigenvalue weighted by Crippen LogP contribution is 2.48. The molecule has 0 amide bonds. The third-order valence-corrected chi connectivity index (χ3v) is 6.05. The Balaban J connectivity index is 1.80. The predicted molar refractivity (Wildman–Crippen MR) is 104 cm³/mol. The number of benzene rings is 2. The molecule has 2 aliphatic rings. The minimum Gasteiger partial charge on any atom is -0.493 e. The lowest BCUT2D eigenvalue weighted by Gasteiger charge is -2.45. The Morgan fingerprint density at radius 3 is 1.85 bits per heavy atom. The maximum atomic E-state index is 5.57. The monoisotopic (exact) mass is 369 g/mol. The van der Waals surface area contributed by atoms with Crippen LogP contribution in [0, 0.1) is 0 Å². The summed E-state index contributed by atoms with van der Waals surface area (Å²) in [6.07, 6.45) is 1.96. The average molecular weight is 369 g/mol. The van der Waals surface area contributed by atoms with Gasteiger partial charge in [-0.2, -0.15) is 0 Å². The Kier molecular flexibility index (Phi) is 4.64. The second-order valence-corrected chi connectivity index (χ2v) is 7.20. The first-order valence-electron chi connectivity index (χ1n) is 9.36. The molecule has 5 nitrogen and oxygen atoms in total. The van der Waals surface area contributed by atoms with Crippen LogP contribution in [0.5, 0.6) is 23.0 Å². The van der Waals surface area contributed by atoms with Crippen LogP contribution in [0.25, 0.3) is 0 Å². The number of fused-ring (bicyclic) bond motifs is 4. The quantitative estimate of drug-likeness (QED) is 0.816. The van der Waals surface area contributed by atoms with E-state index in [2.05, 4.69) is 36.1 Å². The minimum atomic E-state index is 0.319. The molecule has 0 N–H and O–H groups in total. The van der Waals surface area contributed by atoms with Crippen molar-refractivity contribution >= 4 is 0 Å². The Bertz CT molecular complexity index is 864. The second kappa shape index (κ2) is 6.97. The van der Waals surface area contributed by atoms with E-state index >= 15 is 0 Å². The van der Waals surface area contributed by atoms with Crippen molar-refractivity contribution < 1.29 is 18.9 Å². The smallest absolute Gasteiger partial charge is 0.161 e. The van der Waals surface area contributed by atoms with E-state index in [-0.39, 0.29) is 0 Å². The van der Waals surface area contributed by atoms with Gasteiger partial charge in [-0.1, -0.05) is 0 Å². The summed E-state index contributed by atoms with van der Waals surface area (Å²) in [7, 11) is 6.77. The third-order valence-electron chi connectivity index (χ3n) is 6.05. The zero-order chi connectivity index (χ0) is 19.1. The topological polar surface area (TPSA) is 40.2 Å². The summed E-state index contributed by atoms with van der Waals surface area (Å²) in [6, 6.07) is 9.22. The van der Waals surface area contributed by atoms with Gasteiger partial charge in [0, 0.05) is 18.6 Å². The molecule has 0 saturated carbocycles. The van der Waals surface area contributed by atoms with Crippen LogP contribution >= 0.6 is 0 Å². The number of methoxy groups -OCH3 is 4. The van der Waals surface area contributed by atoms with Crippen molar-refractivity contribution in [1.82, 2.24) is 4.90 Å². The van der Waals surface area contributed by atoms with Gasteiger partial charge in [0.2, 0.25) is 0 Å². The number of hydrogen-bond acceptors (Lipinski definition) is 5. The first-order valence-corrected chi connectivity index (χ1v) is 9.36. The normalized spacial score (nSPS) is 20.9. The summed E-state index contributed by atoms with van der Waals surface area (Å²) in [6.45, 7) is 3.31. The molecule has 0 fully saturated rings. The van der Waals surface area contributed by atoms with Crippen molar-refractivity contribution in [2.75, 3.05) is 35.0 Å². The number of nitrogens with zero attached hydrogens (tertiary/aromatic N) is 1. The van der Waals surface area contributed by atoms with Crippen LogP contribution in [-0.4, -0.2) is 39.9 Å². The molecule has 2 atom stereocenters. The van der Waals surface area contributed by atoms with E-state index in [1.807, 2.05) is 0 Å². The molecule has 2 aliphatic heterocycles. The van der Waals surface area contributed by atoms with Crippen LogP contribution in [-0.2, 0) is 12.8 Å². The maximum Gasteiger partial charge on any atom is 0.161 e. The maximum absolute atomic E-state index is 5.57. The highest BCUT2D eigenvalue weighted by molar-refractivity contribution is 5.53.